The van der Waals surface area contributed by atoms with Crippen molar-refractivity contribution in [3.05, 3.63) is 48.6 Å². The molecule has 0 amide bonds. The normalized spacial score (nSPS) is 18.0. The molecule has 1 aliphatic rings. The molecule has 0 aromatic heterocycles. The predicted molar refractivity (Wildman–Crippen MR) is 214 cm³/mol. The molecule has 1 heterocycles. The molecule has 4 atom stereocenters. The standard InChI is InChI=1S/C42H74NO9P/c1-6-8-10-12-14-15-16-17-20-24-28-32-41(44)48-36-38(37-50-53(46,47)49-35-34-43(3,4)5)51-42(45)33-29-25-21-18-19-23-27-31-40-39(52-40)30-26-22-13-11-9-7-2/h12,14,18,21-23,26-27,38-40H,6-11,13,15-17,19-20,24-25,28-37H2,1-5H3/p+1/b14-12-,21-18-,26-22-,27-23-/t38-,39?,40?/m1/s1. The average Bonchev–Trinajstić information content (AvgIpc) is 3.86. The van der Waals surface area contributed by atoms with Crippen LogP contribution in [0.2, 0.25) is 0 Å². The number of hydrogen-bond donors (Lipinski definition) is 1. The molecule has 306 valence electrons. The monoisotopic (exact) mass is 769 g/mol. The molecule has 0 saturated carbocycles. The Morgan fingerprint density at radius 1 is 0.679 bits per heavy atom. The number of carbonyl (C=O) groups is 2. The van der Waals surface area contributed by atoms with Crippen LogP contribution >= 0.6 is 7.82 Å². The minimum atomic E-state index is -4.39. The summed E-state index contributed by atoms with van der Waals surface area (Å²) in [5.74, 6) is -0.887. The van der Waals surface area contributed by atoms with Crippen molar-refractivity contribution in [3.8, 4) is 0 Å². The Bertz CT molecular complexity index is 1110. The number of ether oxygens (including phenoxy) is 3. The highest BCUT2D eigenvalue weighted by atomic mass is 31.2. The zero-order valence-corrected chi connectivity index (χ0v) is 34.8. The first-order chi connectivity index (χ1) is 25.5. The molecule has 0 aromatic rings. The molecule has 1 fully saturated rings. The third-order valence-corrected chi connectivity index (χ3v) is 9.72. The minimum absolute atomic E-state index is 0.0161. The maximum Gasteiger partial charge on any atom is 0.472 e. The second-order valence-electron chi connectivity index (χ2n) is 15.0. The van der Waals surface area contributed by atoms with Gasteiger partial charge in [-0.05, 0) is 70.6 Å². The van der Waals surface area contributed by atoms with E-state index in [4.69, 9.17) is 23.3 Å². The van der Waals surface area contributed by atoms with Gasteiger partial charge in [-0.25, -0.2) is 4.57 Å². The van der Waals surface area contributed by atoms with Crippen LogP contribution < -0.4 is 0 Å². The third-order valence-electron chi connectivity index (χ3n) is 8.73. The maximum absolute atomic E-state index is 12.6. The zero-order valence-electron chi connectivity index (χ0n) is 33.9. The molecule has 11 heteroatoms. The van der Waals surface area contributed by atoms with E-state index in [1.807, 2.05) is 27.2 Å². The summed E-state index contributed by atoms with van der Waals surface area (Å²) < 4.78 is 39.9. The summed E-state index contributed by atoms with van der Waals surface area (Å²) in [5.41, 5.74) is 0. The summed E-state index contributed by atoms with van der Waals surface area (Å²) >= 11 is 0. The zero-order chi connectivity index (χ0) is 39.0. The lowest BCUT2D eigenvalue weighted by Gasteiger charge is -2.24. The van der Waals surface area contributed by atoms with Gasteiger partial charge in [0.25, 0.3) is 0 Å². The van der Waals surface area contributed by atoms with E-state index in [-0.39, 0.29) is 26.1 Å². The molecule has 0 aromatic carbocycles. The quantitative estimate of drug-likeness (QED) is 0.0168. The predicted octanol–water partition coefficient (Wildman–Crippen LogP) is 10.1. The Kier molecular flexibility index (Phi) is 28.8. The summed E-state index contributed by atoms with van der Waals surface area (Å²) in [6.07, 6.45) is 36.3. The molecule has 3 unspecified atom stereocenters. The fourth-order valence-corrected chi connectivity index (χ4v) is 6.06. The Morgan fingerprint density at radius 2 is 1.23 bits per heavy atom. The number of allylic oxidation sites excluding steroid dienone is 6. The Morgan fingerprint density at radius 3 is 1.92 bits per heavy atom. The van der Waals surface area contributed by atoms with E-state index in [9.17, 15) is 19.0 Å². The van der Waals surface area contributed by atoms with Crippen LogP contribution in [-0.2, 0) is 37.4 Å². The smallest absolute Gasteiger partial charge is 0.462 e. The largest absolute Gasteiger partial charge is 0.472 e. The molecular formula is C42H75NO9P+. The lowest BCUT2D eigenvalue weighted by molar-refractivity contribution is -0.870. The van der Waals surface area contributed by atoms with Crippen LogP contribution in [0, 0.1) is 0 Å². The van der Waals surface area contributed by atoms with Gasteiger partial charge in [0.05, 0.1) is 40.0 Å². The van der Waals surface area contributed by atoms with Gasteiger partial charge in [-0.1, -0.05) is 107 Å². The van der Waals surface area contributed by atoms with Crippen LogP contribution in [0.4, 0.5) is 0 Å². The molecule has 1 saturated heterocycles. The third kappa shape index (κ3) is 31.9. The van der Waals surface area contributed by atoms with Gasteiger partial charge in [0.15, 0.2) is 6.10 Å². The van der Waals surface area contributed by atoms with Crippen molar-refractivity contribution in [3.63, 3.8) is 0 Å². The molecule has 0 aliphatic carbocycles. The second kappa shape index (κ2) is 31.2. The Hall–Kier alpha value is -2.07. The molecule has 0 spiro atoms. The first-order valence-corrected chi connectivity index (χ1v) is 22.0. The van der Waals surface area contributed by atoms with Gasteiger partial charge in [0.1, 0.15) is 19.8 Å². The number of phosphoric ester groups is 1. The first-order valence-electron chi connectivity index (χ1n) is 20.5. The number of phosphoric acid groups is 1. The lowest BCUT2D eigenvalue weighted by Crippen LogP contribution is -2.37. The van der Waals surface area contributed by atoms with Crippen LogP contribution in [0.3, 0.4) is 0 Å². The van der Waals surface area contributed by atoms with E-state index in [2.05, 4.69) is 56.4 Å². The van der Waals surface area contributed by atoms with Crippen molar-refractivity contribution in [2.24, 2.45) is 0 Å². The summed E-state index contributed by atoms with van der Waals surface area (Å²) in [6, 6.07) is 0. The summed E-state index contributed by atoms with van der Waals surface area (Å²) in [4.78, 5) is 35.2. The van der Waals surface area contributed by atoms with E-state index in [0.29, 0.717) is 42.5 Å². The SMILES string of the molecule is CCCC/C=C\CCCCCCCC(=O)OC[C@H](COP(=O)(O)OCC[N+](C)(C)C)OC(=O)CCC/C=C\C/C=C\CC1OC1C/C=C\CCCCC. The highest BCUT2D eigenvalue weighted by molar-refractivity contribution is 7.47. The number of hydrogen-bond acceptors (Lipinski definition) is 8. The van der Waals surface area contributed by atoms with Crippen LogP contribution in [0.5, 0.6) is 0 Å². The molecule has 1 rings (SSSR count). The number of nitrogens with zero attached hydrogens (tertiary/aromatic N) is 1. The fourth-order valence-electron chi connectivity index (χ4n) is 5.32. The van der Waals surface area contributed by atoms with Gasteiger partial charge in [-0.3, -0.25) is 18.6 Å². The van der Waals surface area contributed by atoms with Crippen molar-refractivity contribution in [1.29, 1.82) is 0 Å². The molecule has 1 aliphatic heterocycles. The van der Waals surface area contributed by atoms with Crippen LogP contribution in [0.15, 0.2) is 48.6 Å². The lowest BCUT2D eigenvalue weighted by atomic mass is 10.1. The van der Waals surface area contributed by atoms with Gasteiger partial charge >= 0.3 is 19.8 Å². The van der Waals surface area contributed by atoms with Gasteiger partial charge in [0.2, 0.25) is 0 Å². The van der Waals surface area contributed by atoms with Gasteiger partial charge in [-0.15, -0.1) is 0 Å². The van der Waals surface area contributed by atoms with Crippen molar-refractivity contribution in [1.82, 2.24) is 0 Å². The Labute approximate surface area is 322 Å². The van der Waals surface area contributed by atoms with Gasteiger partial charge in [-0.2, -0.15) is 0 Å². The van der Waals surface area contributed by atoms with Crippen molar-refractivity contribution in [2.75, 3.05) is 47.5 Å². The summed E-state index contributed by atoms with van der Waals surface area (Å²) in [5, 5.41) is 0. The Balaban J connectivity index is 2.36. The molecule has 53 heavy (non-hydrogen) atoms. The molecule has 10 nitrogen and oxygen atoms in total. The van der Waals surface area contributed by atoms with E-state index < -0.39 is 32.5 Å². The number of epoxide rings is 1. The van der Waals surface area contributed by atoms with E-state index in [1.54, 1.807) is 0 Å². The van der Waals surface area contributed by atoms with Crippen molar-refractivity contribution in [2.45, 2.75) is 161 Å². The van der Waals surface area contributed by atoms with Crippen LogP contribution in [-0.4, -0.2) is 87.1 Å². The molecule has 0 bridgehead atoms. The van der Waals surface area contributed by atoms with Gasteiger partial charge < -0.3 is 23.6 Å². The van der Waals surface area contributed by atoms with Crippen LogP contribution in [0.1, 0.15) is 142 Å². The summed E-state index contributed by atoms with van der Waals surface area (Å²) in [6.45, 7) is 4.24. The number of carbonyl (C=O) groups excluding carboxylic acids is 2. The van der Waals surface area contributed by atoms with Gasteiger partial charge in [0, 0.05) is 12.8 Å². The first kappa shape index (κ1) is 48.9. The highest BCUT2D eigenvalue weighted by Gasteiger charge is 2.36. The maximum atomic E-state index is 12.6. The number of quaternary nitrogens is 1. The second-order valence-corrected chi connectivity index (χ2v) is 16.5. The molecule has 1 N–H and O–H groups in total. The number of rotatable bonds is 35. The summed E-state index contributed by atoms with van der Waals surface area (Å²) in [7, 11) is 1.42. The average molecular weight is 769 g/mol. The minimum Gasteiger partial charge on any atom is -0.462 e. The highest BCUT2D eigenvalue weighted by Crippen LogP contribution is 2.43. The number of likely N-dealkylation sites (N-methyl/N-ethyl adjacent to an activating group) is 1. The van der Waals surface area contributed by atoms with Crippen molar-refractivity contribution < 1.29 is 46.8 Å². The number of unbranched alkanes of at least 4 members (excludes halogenated alkanes) is 11. The van der Waals surface area contributed by atoms with E-state index in [0.717, 1.165) is 64.2 Å². The van der Waals surface area contributed by atoms with Crippen molar-refractivity contribution >= 4 is 19.8 Å². The topological polar surface area (TPSA) is 121 Å². The van der Waals surface area contributed by atoms with Crippen LogP contribution in [0.25, 0.3) is 0 Å². The molecular weight excluding hydrogens is 693 g/mol. The van der Waals surface area contributed by atoms with E-state index >= 15 is 0 Å². The molecule has 0 radical (unpaired) electrons. The van der Waals surface area contributed by atoms with E-state index in [1.165, 1.54) is 32.1 Å². The number of esters is 2. The fraction of sp³-hybridized carbons (Fsp3) is 0.762.